The van der Waals surface area contributed by atoms with Gasteiger partial charge >= 0.3 is 0 Å². The first kappa shape index (κ1) is 14.2. The first-order valence-electron chi connectivity index (χ1n) is 6.42. The molecule has 0 radical (unpaired) electrons. The summed E-state index contributed by atoms with van der Waals surface area (Å²) < 4.78 is 0. The fraction of sp³-hybridized carbons (Fsp3) is 0.538. The number of hydrogen-bond donors (Lipinski definition) is 2. The number of nitro groups is 1. The second kappa shape index (κ2) is 6.32. The average Bonchev–Trinajstić information content (AvgIpc) is 2.39. The van der Waals surface area contributed by atoms with Crippen LogP contribution >= 0.6 is 11.6 Å². The lowest BCUT2D eigenvalue weighted by atomic mass is 9.92. The second-order valence-corrected chi connectivity index (χ2v) is 5.28. The number of hydrogen-bond acceptors (Lipinski definition) is 4. The molecule has 0 amide bonds. The van der Waals surface area contributed by atoms with Gasteiger partial charge < -0.3 is 10.4 Å². The van der Waals surface area contributed by atoms with Crippen molar-refractivity contribution in [1.29, 1.82) is 0 Å². The van der Waals surface area contributed by atoms with Crippen LogP contribution in [0, 0.1) is 10.1 Å². The lowest BCUT2D eigenvalue weighted by molar-refractivity contribution is -0.384. The molecule has 1 saturated carbocycles. The molecule has 1 aromatic carbocycles. The van der Waals surface area contributed by atoms with Crippen molar-refractivity contribution in [2.45, 2.75) is 44.4 Å². The Bertz CT molecular complexity index is 467. The third-order valence-corrected chi connectivity index (χ3v) is 3.89. The van der Waals surface area contributed by atoms with Crippen LogP contribution in [-0.2, 0) is 6.54 Å². The van der Waals surface area contributed by atoms with Gasteiger partial charge in [0.15, 0.2) is 0 Å². The van der Waals surface area contributed by atoms with Crippen LogP contribution in [0.4, 0.5) is 5.69 Å². The minimum atomic E-state index is -0.435. The van der Waals surface area contributed by atoms with E-state index in [2.05, 4.69) is 5.32 Å². The van der Waals surface area contributed by atoms with Crippen LogP contribution in [0.3, 0.4) is 0 Å². The number of halogens is 1. The van der Waals surface area contributed by atoms with Crippen molar-refractivity contribution in [2.75, 3.05) is 0 Å². The predicted molar refractivity (Wildman–Crippen MR) is 73.2 cm³/mol. The molecule has 0 spiro atoms. The Labute approximate surface area is 116 Å². The van der Waals surface area contributed by atoms with Gasteiger partial charge in [0.2, 0.25) is 0 Å². The molecule has 19 heavy (non-hydrogen) atoms. The molecule has 2 unspecified atom stereocenters. The Kier molecular flexibility index (Phi) is 4.74. The number of nitrogens with zero attached hydrogens (tertiary/aromatic N) is 1. The van der Waals surface area contributed by atoms with E-state index >= 15 is 0 Å². The summed E-state index contributed by atoms with van der Waals surface area (Å²) in [4.78, 5) is 10.3. The zero-order valence-electron chi connectivity index (χ0n) is 10.5. The van der Waals surface area contributed by atoms with Gasteiger partial charge in [-0.1, -0.05) is 24.4 Å². The van der Waals surface area contributed by atoms with E-state index in [1.165, 1.54) is 18.2 Å². The molecule has 2 N–H and O–H groups in total. The zero-order chi connectivity index (χ0) is 13.8. The van der Waals surface area contributed by atoms with E-state index in [9.17, 15) is 15.2 Å². The fourth-order valence-corrected chi connectivity index (χ4v) is 2.58. The molecular weight excluding hydrogens is 268 g/mol. The smallest absolute Gasteiger partial charge is 0.269 e. The molecule has 0 bridgehead atoms. The summed E-state index contributed by atoms with van der Waals surface area (Å²) in [6.45, 7) is 0.433. The van der Waals surface area contributed by atoms with Gasteiger partial charge in [-0.2, -0.15) is 0 Å². The highest BCUT2D eigenvalue weighted by Crippen LogP contribution is 2.23. The summed E-state index contributed by atoms with van der Waals surface area (Å²) in [7, 11) is 0. The van der Waals surface area contributed by atoms with Crippen molar-refractivity contribution >= 4 is 17.3 Å². The molecule has 0 aromatic heterocycles. The summed E-state index contributed by atoms with van der Waals surface area (Å²) in [6.07, 6.45) is 3.54. The van der Waals surface area contributed by atoms with Crippen molar-refractivity contribution in [2.24, 2.45) is 0 Å². The number of aliphatic hydroxyl groups excluding tert-OH is 1. The van der Waals surface area contributed by atoms with Crippen molar-refractivity contribution in [1.82, 2.24) is 5.32 Å². The summed E-state index contributed by atoms with van der Waals surface area (Å²) in [5.41, 5.74) is 0.721. The number of nitro benzene ring substituents is 1. The number of aliphatic hydroxyl groups is 1. The highest BCUT2D eigenvalue weighted by atomic mass is 35.5. The Morgan fingerprint density at radius 1 is 1.42 bits per heavy atom. The Balaban J connectivity index is 2.02. The predicted octanol–water partition coefficient (Wildman–Crippen LogP) is 2.64. The number of nitrogens with one attached hydrogen (secondary N) is 1. The molecular formula is C13H17ClN2O3. The van der Waals surface area contributed by atoms with Crippen LogP contribution < -0.4 is 5.32 Å². The molecule has 5 nitrogen and oxygen atoms in total. The molecule has 1 aromatic rings. The molecule has 2 rings (SSSR count). The van der Waals surface area contributed by atoms with Gasteiger partial charge in [-0.25, -0.2) is 0 Å². The minimum absolute atomic E-state index is 0.0328. The summed E-state index contributed by atoms with van der Waals surface area (Å²) in [5, 5.41) is 24.3. The van der Waals surface area contributed by atoms with Gasteiger partial charge in [0.05, 0.1) is 11.0 Å². The maximum absolute atomic E-state index is 10.7. The van der Waals surface area contributed by atoms with Crippen LogP contribution in [0.1, 0.15) is 31.2 Å². The van der Waals surface area contributed by atoms with Gasteiger partial charge in [0.1, 0.15) is 0 Å². The lowest BCUT2D eigenvalue weighted by Gasteiger charge is -2.28. The summed E-state index contributed by atoms with van der Waals surface area (Å²) in [5.74, 6) is 0. The van der Waals surface area contributed by atoms with Gasteiger partial charge in [-0.15, -0.1) is 0 Å². The molecule has 104 valence electrons. The van der Waals surface area contributed by atoms with Crippen LogP contribution in [0.15, 0.2) is 18.2 Å². The quantitative estimate of drug-likeness (QED) is 0.658. The van der Waals surface area contributed by atoms with Crippen molar-refractivity contribution in [3.05, 3.63) is 38.9 Å². The maximum atomic E-state index is 10.7. The molecule has 6 heteroatoms. The van der Waals surface area contributed by atoms with E-state index in [4.69, 9.17) is 11.6 Å². The number of rotatable bonds is 4. The van der Waals surface area contributed by atoms with Crippen molar-refractivity contribution in [3.8, 4) is 0 Å². The third-order valence-electron chi connectivity index (χ3n) is 3.52. The number of benzene rings is 1. The standard InChI is InChI=1S/C13H17ClN2O3/c14-11-6-5-10(16(18)19)7-9(11)8-15-12-3-1-2-4-13(12)17/h5-7,12-13,15,17H,1-4,8H2. The van der Waals surface area contributed by atoms with E-state index in [1.54, 1.807) is 0 Å². The second-order valence-electron chi connectivity index (χ2n) is 4.87. The van der Waals surface area contributed by atoms with Crippen LogP contribution in [0.2, 0.25) is 5.02 Å². The normalized spacial score (nSPS) is 23.3. The Hall–Kier alpha value is -1.17. The van der Waals surface area contributed by atoms with Crippen LogP contribution in [0.25, 0.3) is 0 Å². The van der Waals surface area contributed by atoms with Gasteiger partial charge in [0, 0.05) is 29.7 Å². The van der Waals surface area contributed by atoms with E-state index in [0.717, 1.165) is 25.7 Å². The van der Waals surface area contributed by atoms with Crippen LogP contribution in [-0.4, -0.2) is 22.2 Å². The van der Waals surface area contributed by atoms with E-state index in [-0.39, 0.29) is 17.8 Å². The zero-order valence-corrected chi connectivity index (χ0v) is 11.3. The van der Waals surface area contributed by atoms with E-state index in [1.807, 2.05) is 0 Å². The Morgan fingerprint density at radius 2 is 2.16 bits per heavy atom. The maximum Gasteiger partial charge on any atom is 0.269 e. The number of non-ortho nitro benzene ring substituents is 1. The minimum Gasteiger partial charge on any atom is -0.392 e. The van der Waals surface area contributed by atoms with Crippen molar-refractivity contribution in [3.63, 3.8) is 0 Å². The van der Waals surface area contributed by atoms with Crippen LogP contribution in [0.5, 0.6) is 0 Å². The average molecular weight is 285 g/mol. The molecule has 0 aliphatic heterocycles. The monoisotopic (exact) mass is 284 g/mol. The topological polar surface area (TPSA) is 75.4 Å². The first-order valence-corrected chi connectivity index (χ1v) is 6.80. The van der Waals surface area contributed by atoms with Gasteiger partial charge in [-0.05, 0) is 24.5 Å². The van der Waals surface area contributed by atoms with Gasteiger partial charge in [0.25, 0.3) is 5.69 Å². The molecule has 0 heterocycles. The van der Waals surface area contributed by atoms with Crippen molar-refractivity contribution < 1.29 is 10.0 Å². The largest absolute Gasteiger partial charge is 0.392 e. The molecule has 1 fully saturated rings. The van der Waals surface area contributed by atoms with Gasteiger partial charge in [-0.3, -0.25) is 10.1 Å². The highest BCUT2D eigenvalue weighted by Gasteiger charge is 2.22. The summed E-state index contributed by atoms with van der Waals surface area (Å²) in [6, 6.07) is 4.45. The highest BCUT2D eigenvalue weighted by molar-refractivity contribution is 6.31. The van der Waals surface area contributed by atoms with E-state index in [0.29, 0.717) is 17.1 Å². The van der Waals surface area contributed by atoms with E-state index < -0.39 is 4.92 Å². The SMILES string of the molecule is O=[N+]([O-])c1ccc(Cl)c(CNC2CCCCC2O)c1. The molecule has 1 aliphatic carbocycles. The molecule has 1 aliphatic rings. The fourth-order valence-electron chi connectivity index (χ4n) is 2.40. The lowest BCUT2D eigenvalue weighted by Crippen LogP contribution is -2.41. The first-order chi connectivity index (χ1) is 9.08. The summed E-state index contributed by atoms with van der Waals surface area (Å²) >= 11 is 6.03. The molecule has 2 atom stereocenters. The molecule has 0 saturated heterocycles. The third kappa shape index (κ3) is 3.65. The Morgan fingerprint density at radius 3 is 2.84 bits per heavy atom.